The van der Waals surface area contributed by atoms with Crippen molar-refractivity contribution in [3.05, 3.63) is 48.6 Å². The summed E-state index contributed by atoms with van der Waals surface area (Å²) in [5.74, 6) is 0.426. The Morgan fingerprint density at radius 1 is 1.11 bits per heavy atom. The standard InChI is InChI=1S/C17H16N6O3S2/c1-10(2)14(17-19-16(20-26-17)11-6-8-18-9-7-11)23-28(24,25)13-5-3-4-12-15(13)22-27-21-12/h3-10,14,23H,1-2H3/t14-/m1/s1. The molecule has 28 heavy (non-hydrogen) atoms. The fraction of sp³-hybridized carbons (Fsp3) is 0.235. The lowest BCUT2D eigenvalue weighted by Gasteiger charge is -2.18. The van der Waals surface area contributed by atoms with Gasteiger partial charge in [-0.25, -0.2) is 8.42 Å². The van der Waals surface area contributed by atoms with Gasteiger partial charge in [-0.2, -0.15) is 18.5 Å². The van der Waals surface area contributed by atoms with Crippen molar-refractivity contribution < 1.29 is 12.9 Å². The lowest BCUT2D eigenvalue weighted by Crippen LogP contribution is -2.32. The molecule has 0 radical (unpaired) electrons. The van der Waals surface area contributed by atoms with Gasteiger partial charge in [0.1, 0.15) is 22.0 Å². The van der Waals surface area contributed by atoms with Gasteiger partial charge in [0.2, 0.25) is 21.7 Å². The van der Waals surface area contributed by atoms with Crippen molar-refractivity contribution in [2.24, 2.45) is 5.92 Å². The summed E-state index contributed by atoms with van der Waals surface area (Å²) >= 11 is 0.967. The van der Waals surface area contributed by atoms with Crippen LogP contribution in [0.5, 0.6) is 0 Å². The van der Waals surface area contributed by atoms with Gasteiger partial charge in [0.05, 0.1) is 11.7 Å². The van der Waals surface area contributed by atoms with Gasteiger partial charge in [0.15, 0.2) is 0 Å². The van der Waals surface area contributed by atoms with E-state index in [0.717, 1.165) is 17.3 Å². The number of fused-ring (bicyclic) bond motifs is 1. The first-order valence-corrected chi connectivity index (χ1v) is 10.6. The van der Waals surface area contributed by atoms with Gasteiger partial charge < -0.3 is 4.52 Å². The van der Waals surface area contributed by atoms with Crippen LogP contribution in [0.15, 0.2) is 52.1 Å². The van der Waals surface area contributed by atoms with Crippen LogP contribution in [0.2, 0.25) is 0 Å². The first kappa shape index (κ1) is 18.6. The highest BCUT2D eigenvalue weighted by molar-refractivity contribution is 7.89. The third kappa shape index (κ3) is 3.51. The Bertz CT molecular complexity index is 1200. The van der Waals surface area contributed by atoms with E-state index in [9.17, 15) is 8.42 Å². The first-order valence-electron chi connectivity index (χ1n) is 8.43. The van der Waals surface area contributed by atoms with Gasteiger partial charge in [0.25, 0.3) is 0 Å². The molecule has 144 valence electrons. The summed E-state index contributed by atoms with van der Waals surface area (Å²) in [4.78, 5) is 8.40. The van der Waals surface area contributed by atoms with Gasteiger partial charge in [-0.3, -0.25) is 4.98 Å². The molecule has 1 aromatic carbocycles. The number of nitrogens with one attached hydrogen (secondary N) is 1. The molecule has 9 nitrogen and oxygen atoms in total. The average molecular weight is 416 g/mol. The summed E-state index contributed by atoms with van der Waals surface area (Å²) in [5, 5.41) is 3.96. The first-order chi connectivity index (χ1) is 13.5. The zero-order valence-corrected chi connectivity index (χ0v) is 16.6. The summed E-state index contributed by atoms with van der Waals surface area (Å²) in [6.07, 6.45) is 3.24. The maximum atomic E-state index is 13.0. The third-order valence-electron chi connectivity index (χ3n) is 4.13. The van der Waals surface area contributed by atoms with Gasteiger partial charge in [0, 0.05) is 18.0 Å². The Morgan fingerprint density at radius 2 is 1.89 bits per heavy atom. The molecule has 0 spiro atoms. The Balaban J connectivity index is 1.68. The summed E-state index contributed by atoms with van der Waals surface area (Å²) in [7, 11) is -3.89. The average Bonchev–Trinajstić information content (AvgIpc) is 3.36. The quantitative estimate of drug-likeness (QED) is 0.509. The lowest BCUT2D eigenvalue weighted by molar-refractivity contribution is 0.311. The van der Waals surface area contributed by atoms with Crippen LogP contribution >= 0.6 is 11.7 Å². The van der Waals surface area contributed by atoms with Crippen molar-refractivity contribution >= 4 is 32.8 Å². The Hall–Kier alpha value is -2.76. The molecule has 0 saturated carbocycles. The molecule has 0 aliphatic carbocycles. The maximum Gasteiger partial charge on any atom is 0.245 e. The fourth-order valence-electron chi connectivity index (χ4n) is 2.68. The molecule has 4 rings (SSSR count). The van der Waals surface area contributed by atoms with Crippen molar-refractivity contribution in [3.8, 4) is 11.4 Å². The van der Waals surface area contributed by atoms with Crippen molar-refractivity contribution in [2.45, 2.75) is 24.8 Å². The second-order valence-corrected chi connectivity index (χ2v) is 8.63. The van der Waals surface area contributed by atoms with E-state index in [2.05, 4.69) is 28.6 Å². The number of benzene rings is 1. The second kappa shape index (κ2) is 7.34. The highest BCUT2D eigenvalue weighted by atomic mass is 32.2. The molecule has 0 bridgehead atoms. The number of sulfonamides is 1. The van der Waals surface area contributed by atoms with Gasteiger partial charge in [-0.05, 0) is 30.2 Å². The third-order valence-corrected chi connectivity index (χ3v) is 6.15. The van der Waals surface area contributed by atoms with Gasteiger partial charge >= 0.3 is 0 Å². The van der Waals surface area contributed by atoms with E-state index in [4.69, 9.17) is 4.52 Å². The zero-order valence-electron chi connectivity index (χ0n) is 15.0. The van der Waals surface area contributed by atoms with Crippen molar-refractivity contribution in [1.29, 1.82) is 0 Å². The number of hydrogen-bond acceptors (Lipinski definition) is 9. The Morgan fingerprint density at radius 3 is 2.64 bits per heavy atom. The summed E-state index contributed by atoms with van der Waals surface area (Å²) in [6.45, 7) is 3.74. The van der Waals surface area contributed by atoms with Gasteiger partial charge in [-0.15, -0.1) is 0 Å². The topological polar surface area (TPSA) is 124 Å². The van der Waals surface area contributed by atoms with E-state index in [-0.39, 0.29) is 16.7 Å². The van der Waals surface area contributed by atoms with E-state index in [1.807, 2.05) is 13.8 Å². The fourth-order valence-corrected chi connectivity index (χ4v) is 4.78. The van der Waals surface area contributed by atoms with Crippen molar-refractivity contribution in [2.75, 3.05) is 0 Å². The van der Waals surface area contributed by atoms with Crippen LogP contribution in [0.4, 0.5) is 0 Å². The van der Waals surface area contributed by atoms with Crippen molar-refractivity contribution in [1.82, 2.24) is 28.6 Å². The van der Waals surface area contributed by atoms with Crippen molar-refractivity contribution in [3.63, 3.8) is 0 Å². The predicted octanol–water partition coefficient (Wildman–Crippen LogP) is 2.81. The highest BCUT2D eigenvalue weighted by Crippen LogP contribution is 2.27. The van der Waals surface area contributed by atoms with Crippen LogP contribution in [0.25, 0.3) is 22.4 Å². The molecule has 3 heterocycles. The molecule has 3 aromatic heterocycles. The SMILES string of the molecule is CC(C)[C@@H](NS(=O)(=O)c1cccc2nsnc12)c1nc(-c2ccncc2)no1. The number of nitrogens with zero attached hydrogens (tertiary/aromatic N) is 5. The van der Waals surface area contributed by atoms with Crippen LogP contribution in [-0.4, -0.2) is 32.3 Å². The molecular weight excluding hydrogens is 400 g/mol. The van der Waals surface area contributed by atoms with Crippen LogP contribution < -0.4 is 4.72 Å². The molecule has 11 heteroatoms. The normalized spacial score (nSPS) is 13.2. The summed E-state index contributed by atoms with van der Waals surface area (Å²) < 4.78 is 42.3. The summed E-state index contributed by atoms with van der Waals surface area (Å²) in [6, 6.07) is 7.65. The van der Waals surface area contributed by atoms with Crippen LogP contribution in [0.3, 0.4) is 0 Å². The van der Waals surface area contributed by atoms with E-state index >= 15 is 0 Å². The molecule has 0 unspecified atom stereocenters. The minimum absolute atomic E-state index is 0.0678. The molecule has 1 atom stereocenters. The number of rotatable bonds is 6. The summed E-state index contributed by atoms with van der Waals surface area (Å²) in [5.41, 5.74) is 1.60. The Kier molecular flexibility index (Phi) is 4.87. The van der Waals surface area contributed by atoms with E-state index in [1.165, 1.54) is 6.07 Å². The monoisotopic (exact) mass is 416 g/mol. The van der Waals surface area contributed by atoms with Crippen LogP contribution in [0, 0.1) is 5.92 Å². The molecule has 0 aliphatic rings. The number of pyridine rings is 1. The van der Waals surface area contributed by atoms with Gasteiger partial charge in [-0.1, -0.05) is 25.1 Å². The molecule has 0 aliphatic heterocycles. The minimum atomic E-state index is -3.89. The van der Waals surface area contributed by atoms with Crippen LogP contribution in [-0.2, 0) is 10.0 Å². The number of hydrogen-bond donors (Lipinski definition) is 1. The molecule has 4 aromatic rings. The minimum Gasteiger partial charge on any atom is -0.337 e. The highest BCUT2D eigenvalue weighted by Gasteiger charge is 2.30. The predicted molar refractivity (Wildman–Crippen MR) is 103 cm³/mol. The van der Waals surface area contributed by atoms with E-state index < -0.39 is 16.1 Å². The largest absolute Gasteiger partial charge is 0.337 e. The molecular formula is C17H16N6O3S2. The molecule has 1 N–H and O–H groups in total. The smallest absolute Gasteiger partial charge is 0.245 e. The molecule has 0 saturated heterocycles. The van der Waals surface area contributed by atoms with E-state index in [0.29, 0.717) is 16.9 Å². The molecule has 0 fully saturated rings. The lowest BCUT2D eigenvalue weighted by atomic mass is 10.1. The molecule has 0 amide bonds. The number of aromatic nitrogens is 5. The zero-order chi connectivity index (χ0) is 19.7. The maximum absolute atomic E-state index is 13.0. The van der Waals surface area contributed by atoms with Crippen LogP contribution in [0.1, 0.15) is 25.8 Å². The Labute approximate surface area is 165 Å². The van der Waals surface area contributed by atoms with E-state index in [1.54, 1.807) is 36.7 Å². The second-order valence-electron chi connectivity index (χ2n) is 6.42.